The smallest absolute Gasteiger partial charge is 0.254 e. The molecule has 0 aliphatic carbocycles. The van der Waals surface area contributed by atoms with E-state index in [1.165, 1.54) is 0 Å². The highest BCUT2D eigenvalue weighted by atomic mass is 127. The van der Waals surface area contributed by atoms with Crippen molar-refractivity contribution in [3.8, 4) is 0 Å². The number of morpholine rings is 1. The average Bonchev–Trinajstić information content (AvgIpc) is 2.32. The predicted molar refractivity (Wildman–Crippen MR) is 78.2 cm³/mol. The van der Waals surface area contributed by atoms with E-state index in [4.69, 9.17) is 4.74 Å². The Morgan fingerprint density at radius 2 is 2.35 bits per heavy atom. The summed E-state index contributed by atoms with van der Waals surface area (Å²) in [5.74, 6) is 0.0808. The van der Waals surface area contributed by atoms with E-state index in [0.29, 0.717) is 19.7 Å². The fraction of sp³-hybridized carbons (Fsp3) is 0.417. The van der Waals surface area contributed by atoms with Crippen molar-refractivity contribution in [1.82, 2.24) is 4.90 Å². The van der Waals surface area contributed by atoms with Crippen molar-refractivity contribution in [2.24, 2.45) is 0 Å². The van der Waals surface area contributed by atoms with Crippen molar-refractivity contribution in [2.75, 3.05) is 19.7 Å². The number of carbonyl (C=O) groups excluding carboxylic acids is 1. The first-order valence-corrected chi connectivity index (χ1v) is 7.31. The highest BCUT2D eigenvalue weighted by Crippen LogP contribution is 2.21. The number of carbonyl (C=O) groups is 1. The molecule has 1 heterocycles. The molecule has 0 bridgehead atoms. The fourth-order valence-corrected chi connectivity index (χ4v) is 2.53. The van der Waals surface area contributed by atoms with Gasteiger partial charge in [0.25, 0.3) is 5.91 Å². The molecule has 0 aromatic heterocycles. The summed E-state index contributed by atoms with van der Waals surface area (Å²) in [4.78, 5) is 14.1. The Hall–Kier alpha value is -0.140. The topological polar surface area (TPSA) is 29.5 Å². The minimum atomic E-state index is 0.0808. The van der Waals surface area contributed by atoms with Gasteiger partial charge in [-0.3, -0.25) is 4.79 Å². The first-order chi connectivity index (χ1) is 8.08. The summed E-state index contributed by atoms with van der Waals surface area (Å²) < 4.78 is 7.50. The van der Waals surface area contributed by atoms with E-state index in [9.17, 15) is 4.79 Å². The van der Waals surface area contributed by atoms with Gasteiger partial charge >= 0.3 is 0 Å². The molecule has 0 radical (unpaired) electrons. The molecule has 17 heavy (non-hydrogen) atoms. The number of benzene rings is 1. The number of hydrogen-bond donors (Lipinski definition) is 0. The summed E-state index contributed by atoms with van der Waals surface area (Å²) in [7, 11) is 0. The second-order valence-corrected chi connectivity index (χ2v) is 6.08. The zero-order valence-corrected chi connectivity index (χ0v) is 13.2. The lowest BCUT2D eigenvalue weighted by molar-refractivity contribution is -0.0124. The normalized spacial score (nSPS) is 20.4. The first kappa shape index (κ1) is 13.3. The lowest BCUT2D eigenvalue weighted by Gasteiger charge is -2.31. The summed E-state index contributed by atoms with van der Waals surface area (Å²) in [5.41, 5.74) is 0.728. The van der Waals surface area contributed by atoms with Gasteiger partial charge in [0, 0.05) is 26.7 Å². The molecule has 1 aromatic carbocycles. The predicted octanol–water partition coefficient (Wildman–Crippen LogP) is 2.91. The number of halogens is 2. The van der Waals surface area contributed by atoms with Crippen LogP contribution in [0, 0.1) is 3.57 Å². The molecule has 1 fully saturated rings. The third kappa shape index (κ3) is 3.20. The Morgan fingerprint density at radius 1 is 1.59 bits per heavy atom. The third-order valence-electron chi connectivity index (χ3n) is 2.69. The van der Waals surface area contributed by atoms with Crippen LogP contribution in [0.4, 0.5) is 0 Å². The first-order valence-electron chi connectivity index (χ1n) is 5.44. The highest BCUT2D eigenvalue weighted by molar-refractivity contribution is 14.1. The minimum Gasteiger partial charge on any atom is -0.375 e. The zero-order valence-electron chi connectivity index (χ0n) is 9.45. The van der Waals surface area contributed by atoms with Gasteiger partial charge in [-0.15, -0.1) is 0 Å². The Bertz CT molecular complexity index is 439. The summed E-state index contributed by atoms with van der Waals surface area (Å²) in [5, 5.41) is 0. The van der Waals surface area contributed by atoms with Crippen LogP contribution in [-0.4, -0.2) is 36.6 Å². The van der Waals surface area contributed by atoms with Gasteiger partial charge in [-0.1, -0.05) is 0 Å². The zero-order chi connectivity index (χ0) is 12.4. The molecule has 0 spiro atoms. The van der Waals surface area contributed by atoms with E-state index >= 15 is 0 Å². The number of rotatable bonds is 1. The van der Waals surface area contributed by atoms with Crippen LogP contribution in [0.25, 0.3) is 0 Å². The van der Waals surface area contributed by atoms with Crippen molar-refractivity contribution in [1.29, 1.82) is 0 Å². The van der Waals surface area contributed by atoms with Gasteiger partial charge in [-0.05, 0) is 63.6 Å². The Balaban J connectivity index is 2.15. The highest BCUT2D eigenvalue weighted by Gasteiger charge is 2.22. The molecule has 92 valence electrons. The maximum absolute atomic E-state index is 12.3. The van der Waals surface area contributed by atoms with Crippen molar-refractivity contribution in [3.05, 3.63) is 31.8 Å². The summed E-state index contributed by atoms with van der Waals surface area (Å²) in [6, 6.07) is 5.70. The van der Waals surface area contributed by atoms with Gasteiger partial charge in [0.15, 0.2) is 0 Å². The molecule has 0 N–H and O–H groups in total. The van der Waals surface area contributed by atoms with Crippen LogP contribution in [0.15, 0.2) is 22.7 Å². The number of amides is 1. The van der Waals surface area contributed by atoms with Crippen molar-refractivity contribution < 1.29 is 9.53 Å². The molecule has 0 saturated carbocycles. The summed E-state index contributed by atoms with van der Waals surface area (Å²) in [6.45, 7) is 3.96. The second kappa shape index (κ2) is 5.67. The molecule has 1 aliphatic heterocycles. The van der Waals surface area contributed by atoms with Crippen LogP contribution in [-0.2, 0) is 4.74 Å². The minimum absolute atomic E-state index is 0.0808. The van der Waals surface area contributed by atoms with Crippen LogP contribution in [0.2, 0.25) is 0 Å². The third-order valence-corrected chi connectivity index (χ3v) is 5.03. The van der Waals surface area contributed by atoms with Crippen molar-refractivity contribution in [3.63, 3.8) is 0 Å². The van der Waals surface area contributed by atoms with Crippen molar-refractivity contribution in [2.45, 2.75) is 13.0 Å². The van der Waals surface area contributed by atoms with Crippen LogP contribution in [0.5, 0.6) is 0 Å². The van der Waals surface area contributed by atoms with Crippen LogP contribution in [0.3, 0.4) is 0 Å². The average molecular weight is 410 g/mol. The van der Waals surface area contributed by atoms with Crippen LogP contribution in [0.1, 0.15) is 17.3 Å². The number of ether oxygens (including phenoxy) is 1. The molecule has 2 rings (SSSR count). The van der Waals surface area contributed by atoms with Gasteiger partial charge in [0.2, 0.25) is 0 Å². The Kier molecular flexibility index (Phi) is 4.43. The van der Waals surface area contributed by atoms with Gasteiger partial charge in [-0.2, -0.15) is 0 Å². The quantitative estimate of drug-likeness (QED) is 0.667. The molecule has 5 heteroatoms. The van der Waals surface area contributed by atoms with E-state index in [1.807, 2.05) is 30.0 Å². The van der Waals surface area contributed by atoms with E-state index in [0.717, 1.165) is 13.6 Å². The van der Waals surface area contributed by atoms with E-state index in [2.05, 4.69) is 38.5 Å². The lowest BCUT2D eigenvalue weighted by atomic mass is 10.2. The number of hydrogen-bond acceptors (Lipinski definition) is 2. The summed E-state index contributed by atoms with van der Waals surface area (Å²) >= 11 is 5.68. The maximum Gasteiger partial charge on any atom is 0.254 e. The second-order valence-electron chi connectivity index (χ2n) is 4.06. The molecule has 1 aromatic rings. The monoisotopic (exact) mass is 409 g/mol. The van der Waals surface area contributed by atoms with E-state index in [-0.39, 0.29) is 12.0 Å². The van der Waals surface area contributed by atoms with Gasteiger partial charge < -0.3 is 9.64 Å². The maximum atomic E-state index is 12.3. The molecular formula is C12H13BrINO2. The van der Waals surface area contributed by atoms with Crippen LogP contribution >= 0.6 is 38.5 Å². The largest absolute Gasteiger partial charge is 0.375 e. The lowest BCUT2D eigenvalue weighted by Crippen LogP contribution is -2.44. The van der Waals surface area contributed by atoms with E-state index < -0.39 is 0 Å². The summed E-state index contributed by atoms with van der Waals surface area (Å²) in [6.07, 6.45) is 0.125. The molecule has 1 aliphatic rings. The van der Waals surface area contributed by atoms with Crippen molar-refractivity contribution >= 4 is 44.4 Å². The van der Waals surface area contributed by atoms with Gasteiger partial charge in [-0.25, -0.2) is 0 Å². The molecule has 3 nitrogen and oxygen atoms in total. The molecule has 0 unspecified atom stereocenters. The van der Waals surface area contributed by atoms with E-state index in [1.54, 1.807) is 0 Å². The molecule has 1 amide bonds. The van der Waals surface area contributed by atoms with Gasteiger partial charge in [0.05, 0.1) is 12.7 Å². The molecule has 1 saturated heterocycles. The Labute approximate surface area is 123 Å². The number of nitrogens with zero attached hydrogens (tertiary/aromatic N) is 1. The van der Waals surface area contributed by atoms with Gasteiger partial charge in [0.1, 0.15) is 0 Å². The fourth-order valence-electron chi connectivity index (χ4n) is 1.81. The van der Waals surface area contributed by atoms with Crippen LogP contribution < -0.4 is 0 Å². The standard InChI is InChI=1S/C12H13BrINO2/c1-8-7-15(4-5-17-8)12(16)9-2-3-11(14)10(13)6-9/h2-3,6,8H,4-5,7H2,1H3/t8-/m1/s1. The molecular weight excluding hydrogens is 397 g/mol. The SMILES string of the molecule is C[C@@H]1CN(C(=O)c2ccc(I)c(Br)c2)CCO1. The molecule has 1 atom stereocenters. The Morgan fingerprint density at radius 3 is 3.00 bits per heavy atom.